The Balaban J connectivity index is 1.43. The first-order valence-electron chi connectivity index (χ1n) is 10.9. The maximum absolute atomic E-state index is 14.7. The van der Waals surface area contributed by atoms with E-state index in [2.05, 4.69) is 10.3 Å². The maximum Gasteiger partial charge on any atom is 0.410 e. The lowest BCUT2D eigenvalue weighted by molar-refractivity contribution is 0.0236. The standard InChI is InChI=1S/C25H25F2N3O3S/c1-25(2,3)33-24(32)30-10-8-15(9-11-30)12-16-13-17(26)21(18(27)14-16)22(31)29-23-28-19-6-4-5-7-20(19)34-23/h4-7,12-14H,8-11H2,1-3H3,(H,28,29,31). The monoisotopic (exact) mass is 485 g/mol. The molecule has 1 aliphatic rings. The third-order valence-electron chi connectivity index (χ3n) is 5.23. The Hall–Kier alpha value is -3.33. The lowest BCUT2D eigenvalue weighted by atomic mass is 10.00. The van der Waals surface area contributed by atoms with E-state index in [1.54, 1.807) is 17.0 Å². The van der Waals surface area contributed by atoms with Crippen LogP contribution in [0, 0.1) is 11.6 Å². The van der Waals surface area contributed by atoms with Crippen LogP contribution < -0.4 is 5.32 Å². The summed E-state index contributed by atoms with van der Waals surface area (Å²) in [6, 6.07) is 9.60. The predicted molar refractivity (Wildman–Crippen MR) is 129 cm³/mol. The smallest absolute Gasteiger partial charge is 0.410 e. The Morgan fingerprint density at radius 2 is 1.76 bits per heavy atom. The number of amides is 2. The largest absolute Gasteiger partial charge is 0.444 e. The molecule has 1 fully saturated rings. The van der Waals surface area contributed by atoms with Crippen molar-refractivity contribution in [3.8, 4) is 0 Å². The maximum atomic E-state index is 14.7. The summed E-state index contributed by atoms with van der Waals surface area (Å²) in [6.07, 6.45) is 2.48. The van der Waals surface area contributed by atoms with Crippen LogP contribution >= 0.6 is 11.3 Å². The number of ether oxygens (including phenoxy) is 1. The second-order valence-corrected chi connectivity index (χ2v) is 10.1. The fourth-order valence-corrected chi connectivity index (χ4v) is 4.52. The molecule has 178 valence electrons. The van der Waals surface area contributed by atoms with Gasteiger partial charge in [0.05, 0.1) is 10.2 Å². The number of aromatic nitrogens is 1. The molecule has 2 amide bonds. The summed E-state index contributed by atoms with van der Waals surface area (Å²) in [7, 11) is 0. The Morgan fingerprint density at radius 1 is 1.12 bits per heavy atom. The van der Waals surface area contributed by atoms with Gasteiger partial charge in [0.2, 0.25) is 0 Å². The highest BCUT2D eigenvalue weighted by Crippen LogP contribution is 2.27. The van der Waals surface area contributed by atoms with Gasteiger partial charge in [0.1, 0.15) is 22.8 Å². The quantitative estimate of drug-likeness (QED) is 0.477. The van der Waals surface area contributed by atoms with E-state index in [4.69, 9.17) is 4.74 Å². The summed E-state index contributed by atoms with van der Waals surface area (Å²) < 4.78 is 35.7. The van der Waals surface area contributed by atoms with Gasteiger partial charge in [-0.3, -0.25) is 10.1 Å². The molecule has 1 N–H and O–H groups in total. The average Bonchev–Trinajstić information content (AvgIpc) is 3.14. The molecule has 3 aromatic rings. The van der Waals surface area contributed by atoms with E-state index >= 15 is 0 Å². The van der Waals surface area contributed by atoms with Gasteiger partial charge in [0.25, 0.3) is 5.91 Å². The van der Waals surface area contributed by atoms with E-state index in [9.17, 15) is 18.4 Å². The zero-order valence-corrected chi connectivity index (χ0v) is 20.0. The van der Waals surface area contributed by atoms with Gasteiger partial charge < -0.3 is 9.64 Å². The number of likely N-dealkylation sites (tertiary alicyclic amines) is 1. The summed E-state index contributed by atoms with van der Waals surface area (Å²) in [4.78, 5) is 30.6. The Kier molecular flexibility index (Phi) is 6.65. The van der Waals surface area contributed by atoms with Gasteiger partial charge in [0.15, 0.2) is 5.13 Å². The summed E-state index contributed by atoms with van der Waals surface area (Å²) >= 11 is 1.23. The second-order valence-electron chi connectivity index (χ2n) is 9.07. The molecule has 0 saturated carbocycles. The number of nitrogens with zero attached hydrogens (tertiary/aromatic N) is 2. The number of benzene rings is 2. The normalized spacial score (nSPS) is 14.3. The number of nitrogens with one attached hydrogen (secondary N) is 1. The summed E-state index contributed by atoms with van der Waals surface area (Å²) in [5.41, 5.74) is 0.769. The fraction of sp³-hybridized carbons (Fsp3) is 0.320. The van der Waals surface area contributed by atoms with Gasteiger partial charge in [-0.25, -0.2) is 18.6 Å². The van der Waals surface area contributed by atoms with E-state index in [0.29, 0.717) is 37.0 Å². The molecule has 4 rings (SSSR count). The molecule has 0 aliphatic carbocycles. The number of hydrogen-bond acceptors (Lipinski definition) is 5. The average molecular weight is 486 g/mol. The minimum Gasteiger partial charge on any atom is -0.444 e. The number of carbonyl (C=O) groups is 2. The first-order valence-corrected chi connectivity index (χ1v) is 11.7. The lowest BCUT2D eigenvalue weighted by Gasteiger charge is -2.31. The molecular formula is C25H25F2N3O3S. The van der Waals surface area contributed by atoms with Gasteiger partial charge in [-0.2, -0.15) is 0 Å². The van der Waals surface area contributed by atoms with Crippen molar-refractivity contribution in [2.75, 3.05) is 18.4 Å². The van der Waals surface area contributed by atoms with Crippen LogP contribution in [0.25, 0.3) is 16.3 Å². The number of piperidine rings is 1. The molecule has 34 heavy (non-hydrogen) atoms. The molecule has 0 radical (unpaired) electrons. The fourth-order valence-electron chi connectivity index (χ4n) is 3.66. The molecule has 1 aromatic heterocycles. The zero-order valence-electron chi connectivity index (χ0n) is 19.2. The second kappa shape index (κ2) is 9.50. The van der Waals surface area contributed by atoms with E-state index in [1.165, 1.54) is 11.3 Å². The zero-order chi connectivity index (χ0) is 24.5. The van der Waals surface area contributed by atoms with E-state index in [-0.39, 0.29) is 11.2 Å². The summed E-state index contributed by atoms with van der Waals surface area (Å²) in [5.74, 6) is -2.78. The molecule has 0 spiro atoms. The van der Waals surface area contributed by atoms with Gasteiger partial charge in [-0.05, 0) is 63.4 Å². The number of thiazole rings is 1. The Labute approximate surface area is 200 Å². The van der Waals surface area contributed by atoms with Crippen molar-refractivity contribution in [1.82, 2.24) is 9.88 Å². The first kappa shape index (κ1) is 23.8. The molecule has 2 aromatic carbocycles. The first-order chi connectivity index (χ1) is 16.1. The number of para-hydroxylation sites is 1. The van der Waals surface area contributed by atoms with Gasteiger partial charge >= 0.3 is 6.09 Å². The number of halogens is 2. The summed E-state index contributed by atoms with van der Waals surface area (Å²) in [5, 5.41) is 2.76. The van der Waals surface area contributed by atoms with Crippen LogP contribution in [0.15, 0.2) is 42.0 Å². The van der Waals surface area contributed by atoms with Crippen molar-refractivity contribution in [2.45, 2.75) is 39.2 Å². The van der Waals surface area contributed by atoms with Crippen LogP contribution in [0.3, 0.4) is 0 Å². The van der Waals surface area contributed by atoms with Crippen molar-refractivity contribution in [1.29, 1.82) is 0 Å². The number of fused-ring (bicyclic) bond motifs is 1. The molecule has 9 heteroatoms. The van der Waals surface area contributed by atoms with Crippen LogP contribution in [0.5, 0.6) is 0 Å². The SMILES string of the molecule is CC(C)(C)OC(=O)N1CCC(=Cc2cc(F)c(C(=O)Nc3nc4ccccc4s3)c(F)c2)CC1. The number of anilines is 1. The van der Waals surface area contributed by atoms with Gasteiger partial charge in [-0.15, -0.1) is 0 Å². The molecule has 1 aliphatic heterocycles. The van der Waals surface area contributed by atoms with Crippen LogP contribution in [0.2, 0.25) is 0 Å². The number of rotatable bonds is 3. The lowest BCUT2D eigenvalue weighted by Crippen LogP contribution is -2.40. The van der Waals surface area contributed by atoms with Gasteiger partial charge in [0, 0.05) is 13.1 Å². The minimum absolute atomic E-state index is 0.271. The third-order valence-corrected chi connectivity index (χ3v) is 6.19. The highest BCUT2D eigenvalue weighted by atomic mass is 32.1. The Bertz CT molecular complexity index is 1210. The van der Waals surface area contributed by atoms with Gasteiger partial charge in [-0.1, -0.05) is 35.1 Å². The van der Waals surface area contributed by atoms with Crippen molar-refractivity contribution in [3.63, 3.8) is 0 Å². The minimum atomic E-state index is -0.948. The third kappa shape index (κ3) is 5.59. The van der Waals surface area contributed by atoms with E-state index < -0.39 is 28.7 Å². The topological polar surface area (TPSA) is 71.5 Å². The summed E-state index contributed by atoms with van der Waals surface area (Å²) in [6.45, 7) is 6.37. The predicted octanol–water partition coefficient (Wildman–Crippen LogP) is 6.24. The number of carbonyl (C=O) groups excluding carboxylic acids is 2. The van der Waals surface area contributed by atoms with Crippen molar-refractivity contribution in [3.05, 3.63) is 64.7 Å². The molecule has 1 saturated heterocycles. The molecule has 2 heterocycles. The van der Waals surface area contributed by atoms with Crippen molar-refractivity contribution < 1.29 is 23.1 Å². The van der Waals surface area contributed by atoms with Crippen molar-refractivity contribution >= 4 is 44.8 Å². The van der Waals surface area contributed by atoms with Crippen LogP contribution in [0.1, 0.15) is 49.5 Å². The molecular weight excluding hydrogens is 460 g/mol. The highest BCUT2D eigenvalue weighted by molar-refractivity contribution is 7.22. The molecule has 0 unspecified atom stereocenters. The van der Waals surface area contributed by atoms with Crippen molar-refractivity contribution in [2.24, 2.45) is 0 Å². The molecule has 0 bridgehead atoms. The molecule has 6 nitrogen and oxygen atoms in total. The van der Waals surface area contributed by atoms with E-state index in [0.717, 1.165) is 22.4 Å². The van der Waals surface area contributed by atoms with Crippen LogP contribution in [0.4, 0.5) is 18.7 Å². The van der Waals surface area contributed by atoms with Crippen LogP contribution in [-0.2, 0) is 4.74 Å². The highest BCUT2D eigenvalue weighted by Gasteiger charge is 2.25. The number of hydrogen-bond donors (Lipinski definition) is 1. The molecule has 0 atom stereocenters. The van der Waals surface area contributed by atoms with Crippen LogP contribution in [-0.4, -0.2) is 40.6 Å². The van der Waals surface area contributed by atoms with E-state index in [1.807, 2.05) is 39.0 Å². The Morgan fingerprint density at radius 3 is 2.38 bits per heavy atom.